The summed E-state index contributed by atoms with van der Waals surface area (Å²) in [5.41, 5.74) is 0. The number of hydrogen-bond donors (Lipinski definition) is 1. The van der Waals surface area contributed by atoms with Gasteiger partial charge in [0.2, 0.25) is 15.9 Å². The molecule has 22 heavy (non-hydrogen) atoms. The normalized spacial score (nSPS) is 15.7. The highest BCUT2D eigenvalue weighted by Crippen LogP contribution is 2.04. The van der Waals surface area contributed by atoms with Gasteiger partial charge in [-0.05, 0) is 6.92 Å². The third-order valence-electron chi connectivity index (χ3n) is 3.16. The third-order valence-corrected chi connectivity index (χ3v) is 4.45. The van der Waals surface area contributed by atoms with Crippen molar-refractivity contribution >= 4 is 22.0 Å². The first-order valence-electron chi connectivity index (χ1n) is 7.05. The highest BCUT2D eigenvalue weighted by atomic mass is 32.2. The Labute approximate surface area is 130 Å². The Kier molecular flexibility index (Phi) is 7.56. The van der Waals surface area contributed by atoms with Gasteiger partial charge in [0.15, 0.2) is 0 Å². The van der Waals surface area contributed by atoms with E-state index in [1.54, 1.807) is 6.92 Å². The van der Waals surface area contributed by atoms with E-state index >= 15 is 0 Å². The molecule has 0 spiro atoms. The van der Waals surface area contributed by atoms with Gasteiger partial charge in [-0.2, -0.15) is 0 Å². The maximum Gasteiger partial charge on any atom is 0.409 e. The van der Waals surface area contributed by atoms with Crippen molar-refractivity contribution in [2.45, 2.75) is 6.92 Å². The Balaban J connectivity index is 2.35. The van der Waals surface area contributed by atoms with Crippen molar-refractivity contribution in [3.05, 3.63) is 0 Å². The summed E-state index contributed by atoms with van der Waals surface area (Å²) in [5.74, 6) is -0.502. The minimum absolute atomic E-state index is 0.0712. The molecule has 1 heterocycles. The maximum absolute atomic E-state index is 12.0. The minimum Gasteiger partial charge on any atom is -0.450 e. The average molecular weight is 337 g/mol. The van der Waals surface area contributed by atoms with Gasteiger partial charge in [0, 0.05) is 33.3 Å². The van der Waals surface area contributed by atoms with Crippen LogP contribution in [0.4, 0.5) is 4.79 Å². The summed E-state index contributed by atoms with van der Waals surface area (Å²) >= 11 is 0. The van der Waals surface area contributed by atoms with Crippen LogP contribution >= 0.6 is 0 Å². The molecule has 0 unspecified atom stereocenters. The molecule has 1 aliphatic heterocycles. The lowest BCUT2D eigenvalue weighted by Crippen LogP contribution is -2.52. The summed E-state index contributed by atoms with van der Waals surface area (Å²) in [4.78, 5) is 26.5. The second-order valence-electron chi connectivity index (χ2n) is 4.70. The Bertz CT molecular complexity index is 473. The molecule has 0 bridgehead atoms. The summed E-state index contributed by atoms with van der Waals surface area (Å²) in [7, 11) is -2.11. The van der Waals surface area contributed by atoms with Gasteiger partial charge in [0.05, 0.1) is 25.5 Å². The highest BCUT2D eigenvalue weighted by Gasteiger charge is 2.25. The molecule has 1 saturated heterocycles. The Morgan fingerprint density at radius 3 is 2.27 bits per heavy atom. The first-order valence-corrected chi connectivity index (χ1v) is 8.70. The van der Waals surface area contributed by atoms with Crippen molar-refractivity contribution in [1.82, 2.24) is 14.5 Å². The van der Waals surface area contributed by atoms with Crippen LogP contribution in [0, 0.1) is 0 Å². The van der Waals surface area contributed by atoms with Gasteiger partial charge in [0.25, 0.3) is 0 Å². The van der Waals surface area contributed by atoms with E-state index in [2.05, 4.69) is 4.72 Å². The molecule has 0 aromatic carbocycles. The molecule has 0 saturated carbocycles. The fraction of sp³-hybridized carbons (Fsp3) is 0.833. The number of piperazine rings is 1. The standard InChI is InChI=1S/C12H23N3O6S/c1-3-21-12(17)15-6-4-14(5-7-15)11(16)10-13-22(18,19)9-8-20-2/h13H,3-10H2,1-2H3. The van der Waals surface area contributed by atoms with Gasteiger partial charge >= 0.3 is 6.09 Å². The zero-order chi connectivity index (χ0) is 16.6. The van der Waals surface area contributed by atoms with E-state index in [0.29, 0.717) is 32.8 Å². The second kappa shape index (κ2) is 8.91. The number of amides is 2. The van der Waals surface area contributed by atoms with Gasteiger partial charge in [-0.15, -0.1) is 0 Å². The minimum atomic E-state index is -3.52. The lowest BCUT2D eigenvalue weighted by atomic mass is 10.3. The highest BCUT2D eigenvalue weighted by molar-refractivity contribution is 7.89. The first kappa shape index (κ1) is 18.7. The van der Waals surface area contributed by atoms with Crippen LogP contribution in [0.15, 0.2) is 0 Å². The zero-order valence-electron chi connectivity index (χ0n) is 12.9. The Morgan fingerprint density at radius 1 is 1.14 bits per heavy atom. The van der Waals surface area contributed by atoms with Crippen molar-refractivity contribution in [1.29, 1.82) is 0 Å². The van der Waals surface area contributed by atoms with Crippen molar-refractivity contribution in [2.24, 2.45) is 0 Å². The fourth-order valence-corrected chi connectivity index (χ4v) is 2.78. The summed E-state index contributed by atoms with van der Waals surface area (Å²) in [5, 5.41) is 0. The van der Waals surface area contributed by atoms with Crippen LogP contribution in [-0.2, 0) is 24.3 Å². The van der Waals surface area contributed by atoms with Gasteiger partial charge in [-0.3, -0.25) is 4.79 Å². The van der Waals surface area contributed by atoms with E-state index in [1.165, 1.54) is 16.9 Å². The zero-order valence-corrected chi connectivity index (χ0v) is 13.7. The van der Waals surface area contributed by atoms with Crippen LogP contribution in [0.3, 0.4) is 0 Å². The predicted molar refractivity (Wildman–Crippen MR) is 78.8 cm³/mol. The molecule has 9 nitrogen and oxygen atoms in total. The third kappa shape index (κ3) is 6.16. The molecule has 0 aromatic heterocycles. The van der Waals surface area contributed by atoms with Crippen molar-refractivity contribution in [3.63, 3.8) is 0 Å². The van der Waals surface area contributed by atoms with E-state index in [4.69, 9.17) is 9.47 Å². The molecule has 10 heteroatoms. The quantitative estimate of drug-likeness (QED) is 0.629. The maximum atomic E-state index is 12.0. The molecular formula is C12H23N3O6S. The lowest BCUT2D eigenvalue weighted by Gasteiger charge is -2.34. The second-order valence-corrected chi connectivity index (χ2v) is 6.63. The van der Waals surface area contributed by atoms with Crippen LogP contribution in [-0.4, -0.2) is 89.0 Å². The smallest absolute Gasteiger partial charge is 0.409 e. The molecule has 0 atom stereocenters. The van der Waals surface area contributed by atoms with Crippen LogP contribution < -0.4 is 4.72 Å². The van der Waals surface area contributed by atoms with Crippen LogP contribution in [0.2, 0.25) is 0 Å². The number of carbonyl (C=O) groups excluding carboxylic acids is 2. The molecular weight excluding hydrogens is 314 g/mol. The summed E-state index contributed by atoms with van der Waals surface area (Å²) in [6.45, 7) is 3.29. The molecule has 1 fully saturated rings. The van der Waals surface area contributed by atoms with Crippen molar-refractivity contribution < 1.29 is 27.5 Å². The van der Waals surface area contributed by atoms with E-state index in [9.17, 15) is 18.0 Å². The summed E-state index contributed by atoms with van der Waals surface area (Å²) < 4.78 is 34.9. The average Bonchev–Trinajstić information content (AvgIpc) is 2.51. The molecule has 1 N–H and O–H groups in total. The van der Waals surface area contributed by atoms with E-state index in [0.717, 1.165) is 0 Å². The number of rotatable bonds is 7. The first-order chi connectivity index (χ1) is 10.4. The molecule has 128 valence electrons. The SMILES string of the molecule is CCOC(=O)N1CCN(C(=O)CNS(=O)(=O)CCOC)CC1. The summed E-state index contributed by atoms with van der Waals surface area (Å²) in [6.07, 6.45) is -0.394. The number of carbonyl (C=O) groups is 2. The number of sulfonamides is 1. The van der Waals surface area contributed by atoms with Crippen LogP contribution in [0.1, 0.15) is 6.92 Å². The Morgan fingerprint density at radius 2 is 1.73 bits per heavy atom. The molecule has 0 aromatic rings. The topological polar surface area (TPSA) is 105 Å². The monoisotopic (exact) mass is 337 g/mol. The lowest BCUT2D eigenvalue weighted by molar-refractivity contribution is -0.131. The van der Waals surface area contributed by atoms with Crippen molar-refractivity contribution in [2.75, 3.05) is 58.8 Å². The number of nitrogens with one attached hydrogen (secondary N) is 1. The van der Waals surface area contributed by atoms with E-state index in [1.807, 2.05) is 0 Å². The molecule has 0 aliphatic carbocycles. The molecule has 2 amide bonds. The van der Waals surface area contributed by atoms with Gasteiger partial charge in [0.1, 0.15) is 0 Å². The largest absolute Gasteiger partial charge is 0.450 e. The number of methoxy groups -OCH3 is 1. The van der Waals surface area contributed by atoms with Crippen molar-refractivity contribution in [3.8, 4) is 0 Å². The summed E-state index contributed by atoms with van der Waals surface area (Å²) in [6, 6.07) is 0. The molecule has 0 radical (unpaired) electrons. The predicted octanol–water partition coefficient (Wildman–Crippen LogP) is -1.15. The van der Waals surface area contributed by atoms with E-state index < -0.39 is 16.1 Å². The number of nitrogens with zero attached hydrogens (tertiary/aromatic N) is 2. The molecule has 1 aliphatic rings. The van der Waals surface area contributed by atoms with Crippen LogP contribution in [0.25, 0.3) is 0 Å². The number of ether oxygens (including phenoxy) is 2. The number of hydrogen-bond acceptors (Lipinski definition) is 6. The Hall–Kier alpha value is -1.39. The van der Waals surface area contributed by atoms with Gasteiger partial charge < -0.3 is 19.3 Å². The van der Waals surface area contributed by atoms with Gasteiger partial charge in [-0.1, -0.05) is 0 Å². The molecule has 1 rings (SSSR count). The fourth-order valence-electron chi connectivity index (χ4n) is 1.90. The van der Waals surface area contributed by atoms with Crippen LogP contribution in [0.5, 0.6) is 0 Å². The van der Waals surface area contributed by atoms with E-state index in [-0.39, 0.29) is 24.8 Å². The van der Waals surface area contributed by atoms with Gasteiger partial charge in [-0.25, -0.2) is 17.9 Å².